The van der Waals surface area contributed by atoms with Gasteiger partial charge in [-0.3, -0.25) is 0 Å². The van der Waals surface area contributed by atoms with E-state index in [1.807, 2.05) is 0 Å². The van der Waals surface area contributed by atoms with Gasteiger partial charge in [0.15, 0.2) is 9.90 Å². The molecule has 8 nitrogen and oxygen atoms in total. The Balaban J connectivity index is 2.22. The Morgan fingerprint density at radius 3 is 2.71 bits per heavy atom. The minimum absolute atomic E-state index is 0.115. The highest BCUT2D eigenvalue weighted by Crippen LogP contribution is 2.27. The molecule has 0 unspecified atom stereocenters. The molecule has 2 rings (SSSR count). The third kappa shape index (κ3) is 3.40. The molecule has 0 aliphatic carbocycles. The summed E-state index contributed by atoms with van der Waals surface area (Å²) in [5, 5.41) is 19.3. The number of aromatic nitrogens is 1. The van der Waals surface area contributed by atoms with Crippen LogP contribution in [0.1, 0.15) is 23.3 Å². The van der Waals surface area contributed by atoms with Gasteiger partial charge in [0.2, 0.25) is 0 Å². The van der Waals surface area contributed by atoms with Crippen molar-refractivity contribution in [1.29, 1.82) is 0 Å². The molecule has 0 bridgehead atoms. The number of rotatable bonds is 5. The quantitative estimate of drug-likeness (QED) is 0.777. The van der Waals surface area contributed by atoms with Gasteiger partial charge in [0.1, 0.15) is 0 Å². The van der Waals surface area contributed by atoms with Gasteiger partial charge in [0, 0.05) is 39.6 Å². The summed E-state index contributed by atoms with van der Waals surface area (Å²) < 4.78 is 30.6. The average molecular weight is 336 g/mol. The molecule has 0 spiro atoms. The van der Waals surface area contributed by atoms with Crippen molar-refractivity contribution in [2.45, 2.75) is 22.7 Å². The van der Waals surface area contributed by atoms with Crippen LogP contribution in [0.25, 0.3) is 0 Å². The molecule has 0 atom stereocenters. The van der Waals surface area contributed by atoms with E-state index >= 15 is 0 Å². The molecular weight excluding hydrogens is 320 g/mol. The van der Waals surface area contributed by atoms with Crippen molar-refractivity contribution in [1.82, 2.24) is 9.29 Å². The first-order valence-electron chi connectivity index (χ1n) is 6.19. The Bertz CT molecular complexity index is 620. The number of ether oxygens (including phenoxy) is 1. The van der Waals surface area contributed by atoms with Gasteiger partial charge in [-0.1, -0.05) is 0 Å². The lowest BCUT2D eigenvalue weighted by Gasteiger charge is -2.34. The average Bonchev–Trinajstić information content (AvgIpc) is 2.88. The molecular formula is C11H16N2O6S2. The normalized spacial score (nSPS) is 18.8. The number of carboxylic acid groups (broad SMARTS) is 1. The molecule has 2 N–H and O–H groups in total. The van der Waals surface area contributed by atoms with E-state index in [-0.39, 0.29) is 10.8 Å². The fourth-order valence-electron chi connectivity index (χ4n) is 2.11. The summed E-state index contributed by atoms with van der Waals surface area (Å²) in [5.41, 5.74) is -0.479. The van der Waals surface area contributed by atoms with Crippen LogP contribution in [0.15, 0.2) is 9.72 Å². The van der Waals surface area contributed by atoms with Gasteiger partial charge in [0.25, 0.3) is 10.0 Å². The van der Waals surface area contributed by atoms with Crippen LogP contribution in [0.3, 0.4) is 0 Å². The first-order valence-corrected chi connectivity index (χ1v) is 8.51. The highest BCUT2D eigenvalue weighted by Gasteiger charge is 2.37. The Morgan fingerprint density at radius 2 is 2.14 bits per heavy atom. The molecule has 118 valence electrons. The number of aromatic carboxylic acids is 1. The van der Waals surface area contributed by atoms with Crippen LogP contribution in [0.5, 0.6) is 0 Å². The van der Waals surface area contributed by atoms with E-state index in [1.165, 1.54) is 12.6 Å². The number of nitrogens with zero attached hydrogens (tertiary/aromatic N) is 2. The van der Waals surface area contributed by atoms with Crippen molar-refractivity contribution in [3.63, 3.8) is 0 Å². The van der Waals surface area contributed by atoms with Crippen LogP contribution in [-0.4, -0.2) is 66.3 Å². The Morgan fingerprint density at radius 1 is 1.52 bits per heavy atom. The molecule has 2 heterocycles. The molecule has 1 aliphatic rings. The van der Waals surface area contributed by atoms with Crippen LogP contribution in [0.4, 0.5) is 0 Å². The number of sulfonamides is 1. The monoisotopic (exact) mass is 336 g/mol. The maximum atomic E-state index is 12.4. The second kappa shape index (κ2) is 5.97. The fraction of sp³-hybridized carbons (Fsp3) is 0.636. The maximum absolute atomic E-state index is 12.4. The molecule has 1 aromatic heterocycles. The van der Waals surface area contributed by atoms with E-state index in [0.29, 0.717) is 26.1 Å². The molecule has 21 heavy (non-hydrogen) atoms. The van der Waals surface area contributed by atoms with Crippen LogP contribution >= 0.6 is 11.3 Å². The van der Waals surface area contributed by atoms with Gasteiger partial charge in [-0.05, 0) is 0 Å². The molecule has 0 amide bonds. The Hall–Kier alpha value is -1.07. The predicted molar refractivity (Wildman–Crippen MR) is 73.9 cm³/mol. The number of thiazole rings is 1. The summed E-state index contributed by atoms with van der Waals surface area (Å²) in [5.74, 6) is -1.40. The highest BCUT2D eigenvalue weighted by molar-refractivity contribution is 7.91. The third-order valence-electron chi connectivity index (χ3n) is 3.32. The first kappa shape index (κ1) is 16.3. The molecule has 0 saturated carbocycles. The van der Waals surface area contributed by atoms with Gasteiger partial charge >= 0.3 is 5.97 Å². The van der Waals surface area contributed by atoms with Gasteiger partial charge in [0.05, 0.1) is 11.1 Å². The van der Waals surface area contributed by atoms with E-state index in [4.69, 9.17) is 9.84 Å². The smallest absolute Gasteiger partial charge is 0.356 e. The molecule has 1 aliphatic heterocycles. The van der Waals surface area contributed by atoms with Crippen molar-refractivity contribution in [2.24, 2.45) is 0 Å². The minimum Gasteiger partial charge on any atom is -0.476 e. The van der Waals surface area contributed by atoms with Gasteiger partial charge in [-0.15, -0.1) is 11.3 Å². The molecule has 1 aromatic rings. The zero-order chi connectivity index (χ0) is 15.7. The van der Waals surface area contributed by atoms with Crippen molar-refractivity contribution in [3.8, 4) is 0 Å². The predicted octanol–water partition coefficient (Wildman–Crippen LogP) is 0.00330. The first-order chi connectivity index (χ1) is 9.76. The molecule has 1 saturated heterocycles. The number of carbonyl (C=O) groups is 1. The largest absolute Gasteiger partial charge is 0.476 e. The van der Waals surface area contributed by atoms with Crippen molar-refractivity contribution in [3.05, 3.63) is 11.2 Å². The summed E-state index contributed by atoms with van der Waals surface area (Å²) in [6.07, 6.45) is 0.669. The summed E-state index contributed by atoms with van der Waals surface area (Å²) in [6.45, 7) is 0.617. The lowest BCUT2D eigenvalue weighted by molar-refractivity contribution is -0.0689. The van der Waals surface area contributed by atoms with Crippen molar-refractivity contribution in [2.75, 3.05) is 26.8 Å². The van der Waals surface area contributed by atoms with Crippen LogP contribution < -0.4 is 0 Å². The molecule has 0 radical (unpaired) electrons. The van der Waals surface area contributed by atoms with Crippen LogP contribution in [0.2, 0.25) is 0 Å². The van der Waals surface area contributed by atoms with Crippen LogP contribution in [-0.2, 0) is 14.8 Å². The second-order valence-corrected chi connectivity index (χ2v) is 7.99. The summed E-state index contributed by atoms with van der Waals surface area (Å²) >= 11 is 0.746. The minimum atomic E-state index is -4.00. The van der Waals surface area contributed by atoms with Gasteiger partial charge in [-0.2, -0.15) is 4.31 Å². The summed E-state index contributed by atoms with van der Waals surface area (Å²) in [4.78, 5) is 14.6. The SMILES string of the molecule is CN(CC1(O)CCOCC1)S(=O)(=O)c1scnc1C(=O)O. The van der Waals surface area contributed by atoms with Crippen molar-refractivity contribution < 1.29 is 28.2 Å². The molecule has 10 heteroatoms. The fourth-order valence-corrected chi connectivity index (χ4v) is 4.69. The Kier molecular flexibility index (Phi) is 4.63. The highest BCUT2D eigenvalue weighted by atomic mass is 32.2. The van der Waals surface area contributed by atoms with E-state index in [2.05, 4.69) is 4.98 Å². The Labute approximate surface area is 126 Å². The molecule has 0 aromatic carbocycles. The number of likely N-dealkylation sites (N-methyl/N-ethyl adjacent to an activating group) is 1. The van der Waals surface area contributed by atoms with Crippen LogP contribution in [0, 0.1) is 0 Å². The standard InChI is InChI=1S/C11H16N2O6S2/c1-13(6-11(16)2-4-19-5-3-11)21(17,18)10-8(9(14)15)12-7-20-10/h7,16H,2-6H2,1H3,(H,14,15). The second-order valence-electron chi connectivity index (χ2n) is 4.89. The number of hydrogen-bond acceptors (Lipinski definition) is 7. The lowest BCUT2D eigenvalue weighted by atomic mass is 9.95. The van der Waals surface area contributed by atoms with E-state index < -0.39 is 27.3 Å². The van der Waals surface area contributed by atoms with Gasteiger partial charge in [-0.25, -0.2) is 18.2 Å². The van der Waals surface area contributed by atoms with Gasteiger partial charge < -0.3 is 14.9 Å². The zero-order valence-corrected chi connectivity index (χ0v) is 13.0. The number of carboxylic acids is 1. The lowest BCUT2D eigenvalue weighted by Crippen LogP contribution is -2.47. The van der Waals surface area contributed by atoms with E-state index in [1.54, 1.807) is 0 Å². The van der Waals surface area contributed by atoms with E-state index in [0.717, 1.165) is 15.6 Å². The number of aliphatic hydroxyl groups is 1. The number of hydrogen-bond donors (Lipinski definition) is 2. The third-order valence-corrected chi connectivity index (χ3v) is 6.47. The molecule has 1 fully saturated rings. The van der Waals surface area contributed by atoms with E-state index in [9.17, 15) is 18.3 Å². The topological polar surface area (TPSA) is 117 Å². The zero-order valence-electron chi connectivity index (χ0n) is 11.4. The van der Waals surface area contributed by atoms with Crippen molar-refractivity contribution >= 4 is 27.3 Å². The maximum Gasteiger partial charge on any atom is 0.356 e. The summed E-state index contributed by atoms with van der Waals surface area (Å²) in [7, 11) is -2.69. The summed E-state index contributed by atoms with van der Waals surface area (Å²) in [6, 6.07) is 0.